The average molecular weight is 257 g/mol. The third-order valence-electron chi connectivity index (χ3n) is 3.81. The SMILES string of the molecule is CC1=CC(C)CC(CNC2CCS(=O)(=O)C2)C1. The van der Waals surface area contributed by atoms with E-state index in [0.29, 0.717) is 23.3 Å². The molecule has 3 nitrogen and oxygen atoms in total. The smallest absolute Gasteiger partial charge is 0.151 e. The Morgan fingerprint density at radius 2 is 2.24 bits per heavy atom. The van der Waals surface area contributed by atoms with Crippen molar-refractivity contribution in [3.63, 3.8) is 0 Å². The van der Waals surface area contributed by atoms with Crippen molar-refractivity contribution in [2.24, 2.45) is 11.8 Å². The Bertz CT molecular complexity index is 400. The van der Waals surface area contributed by atoms with Crippen molar-refractivity contribution in [3.8, 4) is 0 Å². The summed E-state index contributed by atoms with van der Waals surface area (Å²) in [6.45, 7) is 5.42. The van der Waals surface area contributed by atoms with Crippen LogP contribution in [0, 0.1) is 11.8 Å². The van der Waals surface area contributed by atoms with Crippen LogP contribution in [0.2, 0.25) is 0 Å². The molecule has 2 aliphatic rings. The Morgan fingerprint density at radius 1 is 1.47 bits per heavy atom. The van der Waals surface area contributed by atoms with E-state index in [-0.39, 0.29) is 6.04 Å². The second-order valence-corrected chi connectivity index (χ2v) is 8.03. The quantitative estimate of drug-likeness (QED) is 0.784. The predicted molar refractivity (Wildman–Crippen MR) is 70.7 cm³/mol. The number of sulfone groups is 1. The zero-order valence-electron chi connectivity index (χ0n) is 10.8. The van der Waals surface area contributed by atoms with Gasteiger partial charge in [-0.2, -0.15) is 0 Å². The van der Waals surface area contributed by atoms with Crippen LogP contribution < -0.4 is 5.32 Å². The molecular weight excluding hydrogens is 234 g/mol. The third kappa shape index (κ3) is 3.81. The van der Waals surface area contributed by atoms with Crippen LogP contribution in [0.15, 0.2) is 11.6 Å². The highest BCUT2D eigenvalue weighted by molar-refractivity contribution is 7.91. The summed E-state index contributed by atoms with van der Waals surface area (Å²) >= 11 is 0. The van der Waals surface area contributed by atoms with Crippen molar-refractivity contribution in [3.05, 3.63) is 11.6 Å². The Labute approximate surface area is 105 Å². The van der Waals surface area contributed by atoms with Gasteiger partial charge in [0.1, 0.15) is 0 Å². The molecule has 17 heavy (non-hydrogen) atoms. The molecule has 1 saturated heterocycles. The molecule has 0 amide bonds. The Morgan fingerprint density at radius 3 is 2.82 bits per heavy atom. The molecule has 3 unspecified atom stereocenters. The molecule has 3 atom stereocenters. The summed E-state index contributed by atoms with van der Waals surface area (Å²) < 4.78 is 22.7. The Hall–Kier alpha value is -0.350. The average Bonchev–Trinajstić information content (AvgIpc) is 2.54. The lowest BCUT2D eigenvalue weighted by molar-refractivity contribution is 0.366. The summed E-state index contributed by atoms with van der Waals surface area (Å²) in [6, 6.07) is 0.196. The zero-order valence-corrected chi connectivity index (χ0v) is 11.6. The molecule has 98 valence electrons. The minimum Gasteiger partial charge on any atom is -0.313 e. The van der Waals surface area contributed by atoms with Gasteiger partial charge in [0.2, 0.25) is 0 Å². The molecule has 0 bridgehead atoms. The summed E-state index contributed by atoms with van der Waals surface area (Å²) in [5.41, 5.74) is 1.48. The van der Waals surface area contributed by atoms with Gasteiger partial charge in [-0.25, -0.2) is 8.42 Å². The van der Waals surface area contributed by atoms with Gasteiger partial charge in [-0.3, -0.25) is 0 Å². The van der Waals surface area contributed by atoms with Gasteiger partial charge in [0.15, 0.2) is 9.84 Å². The van der Waals surface area contributed by atoms with E-state index < -0.39 is 9.84 Å². The summed E-state index contributed by atoms with van der Waals surface area (Å²) in [6.07, 6.45) is 5.54. The first kappa shape index (κ1) is 13.1. The summed E-state index contributed by atoms with van der Waals surface area (Å²) in [4.78, 5) is 0. The fourth-order valence-electron chi connectivity index (χ4n) is 3.13. The highest BCUT2D eigenvalue weighted by Gasteiger charge is 2.28. The standard InChI is InChI=1S/C13H23NO2S/c1-10-5-11(2)7-12(6-10)8-14-13-3-4-17(15,16)9-13/h5,10,12-14H,3-4,6-9H2,1-2H3. The van der Waals surface area contributed by atoms with E-state index in [2.05, 4.69) is 25.2 Å². The highest BCUT2D eigenvalue weighted by Crippen LogP contribution is 2.27. The van der Waals surface area contributed by atoms with Gasteiger partial charge in [-0.15, -0.1) is 0 Å². The second-order valence-electron chi connectivity index (χ2n) is 5.80. The molecule has 0 saturated carbocycles. The van der Waals surface area contributed by atoms with Gasteiger partial charge in [0, 0.05) is 6.04 Å². The number of rotatable bonds is 3. The third-order valence-corrected chi connectivity index (χ3v) is 5.58. The minimum atomic E-state index is -2.74. The van der Waals surface area contributed by atoms with Crippen molar-refractivity contribution >= 4 is 9.84 Å². The first-order valence-electron chi connectivity index (χ1n) is 6.56. The van der Waals surface area contributed by atoms with E-state index in [0.717, 1.165) is 19.4 Å². The Balaban J connectivity index is 1.78. The molecule has 1 aliphatic heterocycles. The number of hydrogen-bond donors (Lipinski definition) is 1. The van der Waals surface area contributed by atoms with Crippen LogP contribution in [0.1, 0.15) is 33.1 Å². The van der Waals surface area contributed by atoms with Crippen LogP contribution in [0.25, 0.3) is 0 Å². The van der Waals surface area contributed by atoms with Gasteiger partial charge >= 0.3 is 0 Å². The molecular formula is C13H23NO2S. The van der Waals surface area contributed by atoms with E-state index >= 15 is 0 Å². The zero-order chi connectivity index (χ0) is 12.5. The second kappa shape index (κ2) is 5.11. The van der Waals surface area contributed by atoms with Crippen LogP contribution in [-0.4, -0.2) is 32.5 Å². The summed E-state index contributed by atoms with van der Waals surface area (Å²) in [5, 5.41) is 3.44. The largest absolute Gasteiger partial charge is 0.313 e. The molecule has 1 heterocycles. The Kier molecular flexibility index (Phi) is 3.93. The molecule has 1 aliphatic carbocycles. The lowest BCUT2D eigenvalue weighted by Crippen LogP contribution is -2.35. The van der Waals surface area contributed by atoms with Gasteiger partial charge in [0.25, 0.3) is 0 Å². The van der Waals surface area contributed by atoms with E-state index in [9.17, 15) is 8.42 Å². The number of nitrogens with one attached hydrogen (secondary N) is 1. The van der Waals surface area contributed by atoms with Crippen LogP contribution in [0.4, 0.5) is 0 Å². The lowest BCUT2D eigenvalue weighted by atomic mass is 9.83. The van der Waals surface area contributed by atoms with E-state index in [1.165, 1.54) is 12.0 Å². The number of hydrogen-bond acceptors (Lipinski definition) is 3. The van der Waals surface area contributed by atoms with Crippen LogP contribution in [0.5, 0.6) is 0 Å². The summed E-state index contributed by atoms with van der Waals surface area (Å²) in [7, 11) is -2.74. The van der Waals surface area contributed by atoms with Crippen LogP contribution in [0.3, 0.4) is 0 Å². The molecule has 1 N–H and O–H groups in total. The summed E-state index contributed by atoms with van der Waals surface area (Å²) in [5.74, 6) is 2.05. The molecule has 0 aromatic rings. The van der Waals surface area contributed by atoms with Crippen LogP contribution >= 0.6 is 0 Å². The number of allylic oxidation sites excluding steroid dienone is 2. The van der Waals surface area contributed by atoms with Crippen molar-refractivity contribution in [2.75, 3.05) is 18.1 Å². The van der Waals surface area contributed by atoms with Crippen molar-refractivity contribution in [2.45, 2.75) is 39.2 Å². The van der Waals surface area contributed by atoms with E-state index in [1.54, 1.807) is 0 Å². The van der Waals surface area contributed by atoms with Crippen molar-refractivity contribution < 1.29 is 8.42 Å². The fraction of sp³-hybridized carbons (Fsp3) is 0.846. The molecule has 2 rings (SSSR count). The maximum absolute atomic E-state index is 11.3. The monoisotopic (exact) mass is 257 g/mol. The topological polar surface area (TPSA) is 46.2 Å². The molecule has 1 fully saturated rings. The predicted octanol–water partition coefficient (Wildman–Crippen LogP) is 1.76. The van der Waals surface area contributed by atoms with Crippen molar-refractivity contribution in [1.29, 1.82) is 0 Å². The maximum Gasteiger partial charge on any atom is 0.151 e. The molecule has 0 radical (unpaired) electrons. The van der Waals surface area contributed by atoms with E-state index in [4.69, 9.17) is 0 Å². The normalized spacial score (nSPS) is 36.8. The first-order valence-corrected chi connectivity index (χ1v) is 8.38. The van der Waals surface area contributed by atoms with Gasteiger partial charge < -0.3 is 5.32 Å². The first-order chi connectivity index (χ1) is 7.94. The lowest BCUT2D eigenvalue weighted by Gasteiger charge is -2.26. The molecule has 4 heteroatoms. The minimum absolute atomic E-state index is 0.196. The van der Waals surface area contributed by atoms with Crippen molar-refractivity contribution in [1.82, 2.24) is 5.32 Å². The van der Waals surface area contributed by atoms with Gasteiger partial charge in [0.05, 0.1) is 11.5 Å². The van der Waals surface area contributed by atoms with Gasteiger partial charge in [-0.1, -0.05) is 18.6 Å². The van der Waals surface area contributed by atoms with Crippen LogP contribution in [-0.2, 0) is 9.84 Å². The molecule has 0 aromatic carbocycles. The highest BCUT2D eigenvalue weighted by atomic mass is 32.2. The molecule has 0 aromatic heterocycles. The van der Waals surface area contributed by atoms with E-state index in [1.807, 2.05) is 0 Å². The molecule has 0 spiro atoms. The fourth-order valence-corrected chi connectivity index (χ4v) is 4.84. The maximum atomic E-state index is 11.3. The van der Waals surface area contributed by atoms with Gasteiger partial charge in [-0.05, 0) is 44.6 Å².